The first-order valence-electron chi connectivity index (χ1n) is 8.32. The van der Waals surface area contributed by atoms with Crippen molar-refractivity contribution in [2.24, 2.45) is 0 Å². The highest BCUT2D eigenvalue weighted by Crippen LogP contribution is 2.47. The van der Waals surface area contributed by atoms with Gasteiger partial charge in [-0.05, 0) is 39.0 Å². The summed E-state index contributed by atoms with van der Waals surface area (Å²) in [5.41, 5.74) is 1.70. The third-order valence-corrected chi connectivity index (χ3v) is 5.51. The first-order chi connectivity index (χ1) is 10.2. The van der Waals surface area contributed by atoms with E-state index in [9.17, 15) is 4.79 Å². The Kier molecular flexibility index (Phi) is 2.98. The van der Waals surface area contributed by atoms with Crippen molar-refractivity contribution in [3.05, 3.63) is 17.7 Å². The molecule has 3 heterocycles. The summed E-state index contributed by atoms with van der Waals surface area (Å²) in [7, 11) is 0. The van der Waals surface area contributed by atoms with Gasteiger partial charge in [0.15, 0.2) is 0 Å². The Morgan fingerprint density at radius 2 is 2.05 bits per heavy atom. The molecule has 3 aliphatic rings. The average Bonchev–Trinajstić information content (AvgIpc) is 3.15. The molecule has 5 nitrogen and oxygen atoms in total. The van der Waals surface area contributed by atoms with Crippen LogP contribution in [0.4, 0.5) is 4.79 Å². The molecule has 0 bridgehead atoms. The molecule has 1 aromatic rings. The molecule has 0 aromatic carbocycles. The molecule has 1 spiro atoms. The second kappa shape index (κ2) is 4.75. The maximum absolute atomic E-state index is 11.9. The van der Waals surface area contributed by atoms with Crippen LogP contribution < -0.4 is 5.32 Å². The largest absolute Gasteiger partial charge is 0.338 e. The van der Waals surface area contributed by atoms with E-state index in [1.54, 1.807) is 0 Å². The number of amides is 2. The molecular weight excluding hydrogens is 264 g/mol. The zero-order valence-electron chi connectivity index (χ0n) is 12.8. The summed E-state index contributed by atoms with van der Waals surface area (Å²) in [4.78, 5) is 18.7. The van der Waals surface area contributed by atoms with Gasteiger partial charge in [-0.25, -0.2) is 9.78 Å². The van der Waals surface area contributed by atoms with Gasteiger partial charge in [0, 0.05) is 49.4 Å². The molecule has 114 valence electrons. The summed E-state index contributed by atoms with van der Waals surface area (Å²) < 4.78 is 2.49. The number of hydrogen-bond donors (Lipinski definition) is 1. The highest BCUT2D eigenvalue weighted by atomic mass is 16.2. The van der Waals surface area contributed by atoms with Gasteiger partial charge in [0.2, 0.25) is 0 Å². The van der Waals surface area contributed by atoms with Crippen LogP contribution in [-0.2, 0) is 12.0 Å². The van der Waals surface area contributed by atoms with Crippen molar-refractivity contribution in [2.45, 2.75) is 56.9 Å². The summed E-state index contributed by atoms with van der Waals surface area (Å²) in [6.45, 7) is 5.52. The van der Waals surface area contributed by atoms with Crippen LogP contribution in [-0.4, -0.2) is 40.1 Å². The monoisotopic (exact) mass is 288 g/mol. The van der Waals surface area contributed by atoms with Crippen molar-refractivity contribution in [2.75, 3.05) is 19.6 Å². The number of imidazole rings is 1. The van der Waals surface area contributed by atoms with Crippen LogP contribution in [0.25, 0.3) is 0 Å². The molecule has 2 amide bonds. The molecule has 2 fully saturated rings. The van der Waals surface area contributed by atoms with Crippen molar-refractivity contribution in [3.63, 3.8) is 0 Å². The molecule has 1 N–H and O–H groups in total. The lowest BCUT2D eigenvalue weighted by atomic mass is 9.77. The number of carbonyl (C=O) groups excluding carboxylic acids is 1. The molecule has 5 heteroatoms. The van der Waals surface area contributed by atoms with Crippen molar-refractivity contribution >= 4 is 6.03 Å². The fourth-order valence-electron chi connectivity index (χ4n) is 4.06. The number of carbonyl (C=O) groups is 1. The summed E-state index contributed by atoms with van der Waals surface area (Å²) >= 11 is 0. The first-order valence-corrected chi connectivity index (χ1v) is 8.32. The topological polar surface area (TPSA) is 50.2 Å². The lowest BCUT2D eigenvalue weighted by molar-refractivity contribution is 0.156. The molecule has 1 aliphatic carbocycles. The van der Waals surface area contributed by atoms with Crippen molar-refractivity contribution in [1.29, 1.82) is 0 Å². The quantitative estimate of drug-likeness (QED) is 0.907. The molecule has 1 saturated heterocycles. The van der Waals surface area contributed by atoms with Gasteiger partial charge in [-0.1, -0.05) is 0 Å². The average molecular weight is 288 g/mol. The van der Waals surface area contributed by atoms with Gasteiger partial charge >= 0.3 is 6.03 Å². The highest BCUT2D eigenvalue weighted by Gasteiger charge is 2.45. The van der Waals surface area contributed by atoms with E-state index in [0.717, 1.165) is 38.4 Å². The number of nitrogens with one attached hydrogen (secondary N) is 1. The van der Waals surface area contributed by atoms with Crippen LogP contribution in [0.3, 0.4) is 0 Å². The van der Waals surface area contributed by atoms with E-state index < -0.39 is 0 Å². The lowest BCUT2D eigenvalue weighted by Gasteiger charge is -2.38. The van der Waals surface area contributed by atoms with Crippen LogP contribution in [0, 0.1) is 0 Å². The first kappa shape index (κ1) is 13.2. The van der Waals surface area contributed by atoms with E-state index in [1.165, 1.54) is 30.8 Å². The summed E-state index contributed by atoms with van der Waals surface area (Å²) in [6, 6.07) is 0.0901. The van der Waals surface area contributed by atoms with Crippen molar-refractivity contribution < 1.29 is 4.79 Å². The third-order valence-electron chi connectivity index (χ3n) is 5.51. The fourth-order valence-corrected chi connectivity index (χ4v) is 4.06. The Balaban J connectivity index is 1.50. The van der Waals surface area contributed by atoms with E-state index in [0.29, 0.717) is 6.54 Å². The molecule has 1 aromatic heterocycles. The van der Waals surface area contributed by atoms with Gasteiger partial charge in [-0.15, -0.1) is 0 Å². The minimum absolute atomic E-state index is 0.0901. The maximum atomic E-state index is 11.9. The minimum atomic E-state index is 0.0901. The van der Waals surface area contributed by atoms with Gasteiger partial charge in [0.1, 0.15) is 5.82 Å². The molecule has 0 unspecified atom stereocenters. The standard InChI is InChI=1S/C16H24N4O/c1-2-17-15(21)19-8-5-16(6-9-19)7-10-20-13(12-3-4-12)11-18-14(16)20/h11-12H,2-10H2,1H3,(H,17,21). The van der Waals surface area contributed by atoms with Crippen molar-refractivity contribution in [1.82, 2.24) is 19.8 Å². The number of fused-ring (bicyclic) bond motifs is 2. The second-order valence-electron chi connectivity index (χ2n) is 6.79. The number of rotatable bonds is 2. The number of aromatic nitrogens is 2. The lowest BCUT2D eigenvalue weighted by Crippen LogP contribution is -2.48. The van der Waals surface area contributed by atoms with E-state index >= 15 is 0 Å². The van der Waals surface area contributed by atoms with Crippen LogP contribution in [0.2, 0.25) is 0 Å². The molecule has 4 rings (SSSR count). The van der Waals surface area contributed by atoms with Gasteiger partial charge in [0.25, 0.3) is 0 Å². The van der Waals surface area contributed by atoms with Crippen LogP contribution in [0.1, 0.15) is 56.5 Å². The maximum Gasteiger partial charge on any atom is 0.317 e. The zero-order valence-corrected chi connectivity index (χ0v) is 12.8. The molecule has 0 radical (unpaired) electrons. The summed E-state index contributed by atoms with van der Waals surface area (Å²) in [5, 5.41) is 2.91. The SMILES string of the molecule is CCNC(=O)N1CCC2(CC1)CCn1c(C3CC3)cnc12. The Hall–Kier alpha value is -1.52. The minimum Gasteiger partial charge on any atom is -0.338 e. The number of hydrogen-bond acceptors (Lipinski definition) is 2. The smallest absolute Gasteiger partial charge is 0.317 e. The third kappa shape index (κ3) is 2.05. The number of piperidine rings is 1. The highest BCUT2D eigenvalue weighted by molar-refractivity contribution is 5.74. The number of nitrogens with zero attached hydrogens (tertiary/aromatic N) is 3. The number of likely N-dealkylation sites (tertiary alicyclic amines) is 1. The van der Waals surface area contributed by atoms with E-state index in [2.05, 4.69) is 16.1 Å². The van der Waals surface area contributed by atoms with Gasteiger partial charge < -0.3 is 14.8 Å². The van der Waals surface area contributed by atoms with Crippen molar-refractivity contribution in [3.8, 4) is 0 Å². The van der Waals surface area contributed by atoms with E-state index in [4.69, 9.17) is 4.98 Å². The summed E-state index contributed by atoms with van der Waals surface area (Å²) in [5.74, 6) is 2.08. The number of urea groups is 1. The van der Waals surface area contributed by atoms with E-state index in [-0.39, 0.29) is 11.4 Å². The van der Waals surface area contributed by atoms with Gasteiger partial charge in [0.05, 0.1) is 0 Å². The van der Waals surface area contributed by atoms with E-state index in [1.807, 2.05) is 11.8 Å². The predicted molar refractivity (Wildman–Crippen MR) is 80.4 cm³/mol. The zero-order chi connectivity index (χ0) is 14.4. The van der Waals surface area contributed by atoms with Crippen LogP contribution in [0.5, 0.6) is 0 Å². The fraction of sp³-hybridized carbons (Fsp3) is 0.750. The van der Waals surface area contributed by atoms with Crippen LogP contribution >= 0.6 is 0 Å². The molecule has 0 atom stereocenters. The Morgan fingerprint density at radius 1 is 1.33 bits per heavy atom. The van der Waals surface area contributed by atoms with Crippen LogP contribution in [0.15, 0.2) is 6.20 Å². The Morgan fingerprint density at radius 3 is 2.71 bits per heavy atom. The predicted octanol–water partition coefficient (Wildman–Crippen LogP) is 2.23. The van der Waals surface area contributed by atoms with Gasteiger partial charge in [-0.2, -0.15) is 0 Å². The molecule has 21 heavy (non-hydrogen) atoms. The Labute approximate surface area is 125 Å². The molecule has 1 saturated carbocycles. The van der Waals surface area contributed by atoms with Gasteiger partial charge in [-0.3, -0.25) is 0 Å². The second-order valence-corrected chi connectivity index (χ2v) is 6.79. The molecular formula is C16H24N4O. The molecule has 2 aliphatic heterocycles. The Bertz CT molecular complexity index is 553. The normalized spacial score (nSPS) is 23.4. The summed E-state index contributed by atoms with van der Waals surface area (Å²) in [6.07, 6.45) is 8.12.